The molecule has 1 aliphatic rings. The molecule has 1 fully saturated rings. The van der Waals surface area contributed by atoms with Crippen LogP contribution < -0.4 is 14.8 Å². The average Bonchev–Trinajstić information content (AvgIpc) is 2.79. The minimum Gasteiger partial charge on any atom is -0.493 e. The van der Waals surface area contributed by atoms with Gasteiger partial charge < -0.3 is 19.7 Å². The molecule has 1 aliphatic heterocycles. The fourth-order valence-electron chi connectivity index (χ4n) is 3.43. The summed E-state index contributed by atoms with van der Waals surface area (Å²) in [5, 5.41) is 2.82. The van der Waals surface area contributed by atoms with Crippen molar-refractivity contribution >= 4 is 17.9 Å². The number of carbonyl (C=O) groups excluding carboxylic acids is 2. The van der Waals surface area contributed by atoms with Gasteiger partial charge in [0.2, 0.25) is 0 Å². The summed E-state index contributed by atoms with van der Waals surface area (Å²) in [5.74, 6) is 0.667. The van der Waals surface area contributed by atoms with Crippen molar-refractivity contribution < 1.29 is 19.1 Å². The van der Waals surface area contributed by atoms with Gasteiger partial charge in [-0.1, -0.05) is 23.8 Å². The summed E-state index contributed by atoms with van der Waals surface area (Å²) in [4.78, 5) is 27.8. The van der Waals surface area contributed by atoms with Gasteiger partial charge in [-0.25, -0.2) is 0 Å². The van der Waals surface area contributed by atoms with Gasteiger partial charge in [0.1, 0.15) is 5.70 Å². The third-order valence-corrected chi connectivity index (χ3v) is 5.15. The van der Waals surface area contributed by atoms with E-state index in [0.29, 0.717) is 30.2 Å². The number of hydrogen-bond donors (Lipinski definition) is 1. The fraction of sp³-hybridized carbons (Fsp3) is 0.333. The first-order chi connectivity index (χ1) is 14.5. The molecule has 0 bridgehead atoms. The van der Waals surface area contributed by atoms with Gasteiger partial charge in [0.15, 0.2) is 11.5 Å². The first-order valence-electron chi connectivity index (χ1n) is 10.1. The number of ether oxygens (including phenoxy) is 2. The molecular formula is C24H28N2O4. The lowest BCUT2D eigenvalue weighted by Gasteiger charge is -2.27. The Morgan fingerprint density at radius 3 is 2.23 bits per heavy atom. The van der Waals surface area contributed by atoms with Crippen LogP contribution >= 0.6 is 0 Å². The number of benzene rings is 2. The highest BCUT2D eigenvalue weighted by Gasteiger charge is 2.22. The van der Waals surface area contributed by atoms with Crippen molar-refractivity contribution in [2.24, 2.45) is 0 Å². The Morgan fingerprint density at radius 1 is 0.933 bits per heavy atom. The van der Waals surface area contributed by atoms with Gasteiger partial charge in [-0.2, -0.15) is 0 Å². The Kier molecular flexibility index (Phi) is 7.12. The van der Waals surface area contributed by atoms with Crippen molar-refractivity contribution in [2.75, 3.05) is 27.3 Å². The van der Waals surface area contributed by atoms with E-state index in [9.17, 15) is 9.59 Å². The van der Waals surface area contributed by atoms with Gasteiger partial charge in [-0.3, -0.25) is 9.59 Å². The smallest absolute Gasteiger partial charge is 0.270 e. The van der Waals surface area contributed by atoms with Crippen molar-refractivity contribution in [3.63, 3.8) is 0 Å². The van der Waals surface area contributed by atoms with Crippen LogP contribution in [0.25, 0.3) is 6.08 Å². The Hall–Kier alpha value is -3.28. The van der Waals surface area contributed by atoms with Crippen molar-refractivity contribution in [2.45, 2.75) is 26.2 Å². The second-order valence-corrected chi connectivity index (χ2v) is 7.35. The van der Waals surface area contributed by atoms with Gasteiger partial charge in [0.25, 0.3) is 11.8 Å². The molecule has 0 atom stereocenters. The highest BCUT2D eigenvalue weighted by molar-refractivity contribution is 6.05. The van der Waals surface area contributed by atoms with Gasteiger partial charge in [-0.15, -0.1) is 0 Å². The van der Waals surface area contributed by atoms with Crippen LogP contribution in [-0.4, -0.2) is 44.0 Å². The zero-order chi connectivity index (χ0) is 21.5. The predicted molar refractivity (Wildman–Crippen MR) is 117 cm³/mol. The molecule has 3 rings (SSSR count). The third-order valence-electron chi connectivity index (χ3n) is 5.15. The molecule has 2 aromatic carbocycles. The maximum absolute atomic E-state index is 13.2. The molecule has 1 heterocycles. The molecule has 1 saturated heterocycles. The number of rotatable bonds is 6. The summed E-state index contributed by atoms with van der Waals surface area (Å²) >= 11 is 0. The minimum absolute atomic E-state index is 0.176. The summed E-state index contributed by atoms with van der Waals surface area (Å²) in [6.45, 7) is 3.36. The first kappa shape index (κ1) is 21.4. The number of aryl methyl sites for hydroxylation is 1. The van der Waals surface area contributed by atoms with E-state index in [0.717, 1.165) is 30.4 Å². The number of amides is 2. The molecule has 158 valence electrons. The lowest BCUT2D eigenvalue weighted by Crippen LogP contribution is -2.41. The van der Waals surface area contributed by atoms with E-state index in [-0.39, 0.29) is 17.5 Å². The zero-order valence-corrected chi connectivity index (χ0v) is 17.7. The van der Waals surface area contributed by atoms with Crippen LogP contribution in [0.4, 0.5) is 0 Å². The first-order valence-corrected chi connectivity index (χ1v) is 10.1. The van der Waals surface area contributed by atoms with E-state index < -0.39 is 0 Å². The zero-order valence-electron chi connectivity index (χ0n) is 17.7. The van der Waals surface area contributed by atoms with Crippen molar-refractivity contribution in [3.05, 3.63) is 64.9 Å². The van der Waals surface area contributed by atoms with Crippen molar-refractivity contribution in [1.29, 1.82) is 0 Å². The molecule has 0 aromatic heterocycles. The molecule has 30 heavy (non-hydrogen) atoms. The quantitative estimate of drug-likeness (QED) is 0.739. The highest BCUT2D eigenvalue weighted by Crippen LogP contribution is 2.28. The summed E-state index contributed by atoms with van der Waals surface area (Å²) in [6.07, 6.45) is 4.75. The fourth-order valence-corrected chi connectivity index (χ4v) is 3.43. The van der Waals surface area contributed by atoms with Gasteiger partial charge in [0, 0.05) is 18.7 Å². The predicted octanol–water partition coefficient (Wildman–Crippen LogP) is 3.80. The number of likely N-dealkylation sites (tertiary alicyclic amines) is 1. The summed E-state index contributed by atoms with van der Waals surface area (Å²) in [7, 11) is 3.13. The minimum atomic E-state index is -0.313. The molecule has 2 aromatic rings. The van der Waals surface area contributed by atoms with Crippen LogP contribution in [0, 0.1) is 6.92 Å². The largest absolute Gasteiger partial charge is 0.493 e. The maximum atomic E-state index is 13.2. The Labute approximate surface area is 177 Å². The Balaban J connectivity index is 1.92. The van der Waals surface area contributed by atoms with E-state index in [1.807, 2.05) is 25.1 Å². The molecule has 0 unspecified atom stereocenters. The summed E-state index contributed by atoms with van der Waals surface area (Å²) in [6, 6.07) is 12.6. The number of carbonyl (C=O) groups is 2. The molecule has 1 N–H and O–H groups in total. The van der Waals surface area contributed by atoms with Gasteiger partial charge in [-0.05, 0) is 62.1 Å². The lowest BCUT2D eigenvalue weighted by atomic mass is 10.1. The van der Waals surface area contributed by atoms with E-state index in [2.05, 4.69) is 5.32 Å². The second kappa shape index (κ2) is 9.96. The van der Waals surface area contributed by atoms with Gasteiger partial charge in [0.05, 0.1) is 14.2 Å². The number of methoxy groups -OCH3 is 2. The normalized spacial score (nSPS) is 14.2. The molecule has 6 nitrogen and oxygen atoms in total. The van der Waals surface area contributed by atoms with Crippen LogP contribution in [0.2, 0.25) is 0 Å². The van der Waals surface area contributed by atoms with E-state index in [1.165, 1.54) is 0 Å². The number of nitrogens with one attached hydrogen (secondary N) is 1. The maximum Gasteiger partial charge on any atom is 0.270 e. The van der Waals surface area contributed by atoms with Crippen LogP contribution in [0.5, 0.6) is 11.5 Å². The SMILES string of the molecule is COc1ccc(/C=C(/NC(=O)c2ccc(C)cc2)C(=O)N2CCCCC2)cc1OC. The molecule has 0 spiro atoms. The molecule has 0 saturated carbocycles. The van der Waals surface area contributed by atoms with Crippen molar-refractivity contribution in [1.82, 2.24) is 10.2 Å². The highest BCUT2D eigenvalue weighted by atomic mass is 16.5. The molecule has 2 amide bonds. The van der Waals surface area contributed by atoms with E-state index in [4.69, 9.17) is 9.47 Å². The number of nitrogens with zero attached hydrogens (tertiary/aromatic N) is 1. The van der Waals surface area contributed by atoms with Gasteiger partial charge >= 0.3 is 0 Å². The topological polar surface area (TPSA) is 67.9 Å². The monoisotopic (exact) mass is 408 g/mol. The molecule has 6 heteroatoms. The second-order valence-electron chi connectivity index (χ2n) is 7.35. The molecule has 0 aliphatic carbocycles. The summed E-state index contributed by atoms with van der Waals surface area (Å²) in [5.41, 5.74) is 2.55. The summed E-state index contributed by atoms with van der Waals surface area (Å²) < 4.78 is 10.6. The van der Waals surface area contributed by atoms with E-state index >= 15 is 0 Å². The Bertz CT molecular complexity index is 929. The van der Waals surface area contributed by atoms with Crippen LogP contribution in [0.15, 0.2) is 48.2 Å². The number of hydrogen-bond acceptors (Lipinski definition) is 4. The average molecular weight is 408 g/mol. The van der Waals surface area contributed by atoms with Crippen LogP contribution in [0.3, 0.4) is 0 Å². The molecular weight excluding hydrogens is 380 g/mol. The van der Waals surface area contributed by atoms with Crippen LogP contribution in [-0.2, 0) is 4.79 Å². The lowest BCUT2D eigenvalue weighted by molar-refractivity contribution is -0.128. The van der Waals surface area contributed by atoms with E-state index in [1.54, 1.807) is 49.5 Å². The Morgan fingerprint density at radius 2 is 1.60 bits per heavy atom. The van der Waals surface area contributed by atoms with Crippen LogP contribution in [0.1, 0.15) is 40.7 Å². The number of piperidine rings is 1. The third kappa shape index (κ3) is 5.20. The molecule has 0 radical (unpaired) electrons. The standard InChI is InChI=1S/C24H28N2O4/c1-17-7-10-19(11-8-17)23(27)25-20(24(28)26-13-5-4-6-14-26)15-18-9-12-21(29-2)22(16-18)30-3/h7-12,15-16H,4-6,13-14H2,1-3H3,(H,25,27)/b20-15+. The van der Waals surface area contributed by atoms with Crippen molar-refractivity contribution in [3.8, 4) is 11.5 Å².